The van der Waals surface area contributed by atoms with Crippen LogP contribution in [0, 0.1) is 11.3 Å². The van der Waals surface area contributed by atoms with Gasteiger partial charge in [-0.3, -0.25) is 0 Å². The lowest BCUT2D eigenvalue weighted by atomic mass is 9.84. The highest BCUT2D eigenvalue weighted by atomic mass is 32.2. The molecule has 0 atom stereocenters. The molecule has 0 spiro atoms. The molecule has 0 aliphatic carbocycles. The van der Waals surface area contributed by atoms with Crippen molar-refractivity contribution in [2.24, 2.45) is 11.3 Å². The van der Waals surface area contributed by atoms with E-state index in [9.17, 15) is 0 Å². The molecule has 0 aliphatic heterocycles. The molecule has 0 heterocycles. The molecule has 0 saturated carbocycles. The van der Waals surface area contributed by atoms with Gasteiger partial charge in [0.25, 0.3) is 0 Å². The van der Waals surface area contributed by atoms with Gasteiger partial charge in [-0.25, -0.2) is 0 Å². The molecule has 0 aliphatic rings. The summed E-state index contributed by atoms with van der Waals surface area (Å²) in [5.41, 5.74) is 0.512. The smallest absolute Gasteiger partial charge is 0.00258 e. The van der Waals surface area contributed by atoms with E-state index in [1.54, 1.807) is 0 Å². The summed E-state index contributed by atoms with van der Waals surface area (Å²) in [5, 5.41) is 3.54. The highest BCUT2D eigenvalue weighted by molar-refractivity contribution is 7.99. The Morgan fingerprint density at radius 3 is 2.44 bits per heavy atom. The van der Waals surface area contributed by atoms with Crippen LogP contribution in [0.4, 0.5) is 0 Å². The Hall–Kier alpha value is 0.310. The third-order valence-electron chi connectivity index (χ3n) is 2.88. The number of nitrogens with one attached hydrogen (secondary N) is 1. The second-order valence-electron chi connectivity index (χ2n) is 5.81. The van der Waals surface area contributed by atoms with Crippen LogP contribution in [0.25, 0.3) is 0 Å². The van der Waals surface area contributed by atoms with Crippen LogP contribution in [-0.2, 0) is 0 Å². The maximum Gasteiger partial charge on any atom is -0.00258 e. The molecule has 1 nitrogen and oxygen atoms in total. The van der Waals surface area contributed by atoms with Gasteiger partial charge in [-0.2, -0.15) is 11.8 Å². The van der Waals surface area contributed by atoms with Crippen LogP contribution < -0.4 is 5.32 Å². The quantitative estimate of drug-likeness (QED) is 0.579. The van der Waals surface area contributed by atoms with Crippen molar-refractivity contribution >= 4 is 11.8 Å². The van der Waals surface area contributed by atoms with E-state index in [2.05, 4.69) is 51.7 Å². The van der Waals surface area contributed by atoms with Crippen molar-refractivity contribution in [3.8, 4) is 0 Å². The Morgan fingerprint density at radius 2 is 1.88 bits per heavy atom. The van der Waals surface area contributed by atoms with E-state index in [1.807, 2.05) is 0 Å². The first-order chi connectivity index (χ1) is 7.48. The molecule has 98 valence electrons. The van der Waals surface area contributed by atoms with Gasteiger partial charge < -0.3 is 5.32 Å². The molecule has 0 fully saturated rings. The molecule has 0 rings (SSSR count). The highest BCUT2D eigenvalue weighted by Gasteiger charge is 2.16. The van der Waals surface area contributed by atoms with E-state index in [0.29, 0.717) is 5.41 Å². The van der Waals surface area contributed by atoms with Gasteiger partial charge in [0, 0.05) is 0 Å². The molecule has 0 unspecified atom stereocenters. The molecule has 0 bridgehead atoms. The fraction of sp³-hybridized carbons (Fsp3) is 1.00. The Labute approximate surface area is 107 Å². The summed E-state index contributed by atoms with van der Waals surface area (Å²) in [6, 6.07) is 0. The topological polar surface area (TPSA) is 12.0 Å². The number of rotatable bonds is 10. The van der Waals surface area contributed by atoms with Gasteiger partial charge in [0.2, 0.25) is 0 Å². The maximum absolute atomic E-state index is 3.54. The van der Waals surface area contributed by atoms with Crippen LogP contribution in [0.1, 0.15) is 53.9 Å². The Kier molecular flexibility index (Phi) is 9.53. The van der Waals surface area contributed by atoms with Crippen molar-refractivity contribution in [3.63, 3.8) is 0 Å². The van der Waals surface area contributed by atoms with Crippen LogP contribution >= 0.6 is 11.8 Å². The lowest BCUT2D eigenvalue weighted by Gasteiger charge is -2.25. The first-order valence-corrected chi connectivity index (χ1v) is 7.92. The van der Waals surface area contributed by atoms with E-state index in [4.69, 9.17) is 0 Å². The zero-order chi connectivity index (χ0) is 12.4. The van der Waals surface area contributed by atoms with E-state index in [0.717, 1.165) is 12.5 Å². The van der Waals surface area contributed by atoms with Crippen LogP contribution in [-0.4, -0.2) is 24.6 Å². The van der Waals surface area contributed by atoms with Crippen molar-refractivity contribution in [1.82, 2.24) is 5.32 Å². The van der Waals surface area contributed by atoms with Crippen molar-refractivity contribution in [2.75, 3.05) is 24.6 Å². The predicted molar refractivity (Wildman–Crippen MR) is 78.3 cm³/mol. The predicted octanol–water partition coefficient (Wildman–Crippen LogP) is 4.18. The molecule has 0 aromatic carbocycles. The summed E-state index contributed by atoms with van der Waals surface area (Å²) < 4.78 is 0. The summed E-state index contributed by atoms with van der Waals surface area (Å²) in [4.78, 5) is 0. The van der Waals surface area contributed by atoms with Gasteiger partial charge in [-0.15, -0.1) is 0 Å². The summed E-state index contributed by atoms with van der Waals surface area (Å²) in [7, 11) is 0. The van der Waals surface area contributed by atoms with Crippen LogP contribution in [0.3, 0.4) is 0 Å². The number of hydrogen-bond donors (Lipinski definition) is 1. The second-order valence-corrected chi connectivity index (χ2v) is 7.21. The van der Waals surface area contributed by atoms with E-state index in [-0.39, 0.29) is 0 Å². The molecule has 0 aromatic heterocycles. The molecule has 0 saturated heterocycles. The zero-order valence-corrected chi connectivity index (χ0v) is 12.8. The Balaban J connectivity index is 3.46. The monoisotopic (exact) mass is 245 g/mol. The third-order valence-corrected chi connectivity index (χ3v) is 3.86. The fourth-order valence-corrected chi connectivity index (χ4v) is 2.38. The molecule has 2 heteroatoms. The third kappa shape index (κ3) is 10.8. The molecular formula is C14H31NS. The highest BCUT2D eigenvalue weighted by Crippen LogP contribution is 2.26. The van der Waals surface area contributed by atoms with E-state index in [1.165, 1.54) is 37.3 Å². The number of thioether (sulfide) groups is 1. The van der Waals surface area contributed by atoms with Gasteiger partial charge in [0.1, 0.15) is 0 Å². The first-order valence-electron chi connectivity index (χ1n) is 6.76. The average molecular weight is 245 g/mol. The number of hydrogen-bond acceptors (Lipinski definition) is 2. The van der Waals surface area contributed by atoms with Gasteiger partial charge >= 0.3 is 0 Å². The van der Waals surface area contributed by atoms with Crippen LogP contribution in [0.5, 0.6) is 0 Å². The minimum Gasteiger partial charge on any atom is -0.316 e. The van der Waals surface area contributed by atoms with Gasteiger partial charge in [-0.05, 0) is 55.2 Å². The maximum atomic E-state index is 3.54. The van der Waals surface area contributed by atoms with Crippen LogP contribution in [0.15, 0.2) is 0 Å². The summed E-state index contributed by atoms with van der Waals surface area (Å²) in [6.45, 7) is 13.9. The van der Waals surface area contributed by atoms with E-state index < -0.39 is 0 Å². The minimum absolute atomic E-state index is 0.512. The largest absolute Gasteiger partial charge is 0.316 e. The van der Waals surface area contributed by atoms with Crippen molar-refractivity contribution in [3.05, 3.63) is 0 Å². The first kappa shape index (κ1) is 16.3. The van der Waals surface area contributed by atoms with Crippen molar-refractivity contribution in [2.45, 2.75) is 53.9 Å². The summed E-state index contributed by atoms with van der Waals surface area (Å²) >= 11 is 2.07. The summed E-state index contributed by atoms with van der Waals surface area (Å²) in [5.74, 6) is 3.36. The molecule has 0 aromatic rings. The average Bonchev–Trinajstić information content (AvgIpc) is 2.19. The van der Waals surface area contributed by atoms with Crippen molar-refractivity contribution in [1.29, 1.82) is 0 Å². The molecule has 1 N–H and O–H groups in total. The molecular weight excluding hydrogens is 214 g/mol. The van der Waals surface area contributed by atoms with Crippen LogP contribution in [0.2, 0.25) is 0 Å². The standard InChI is InChI=1S/C14H31NS/c1-6-16-11-7-8-14(4,5)9-10-15-12-13(2)3/h13,15H,6-12H2,1-5H3. The lowest BCUT2D eigenvalue weighted by Crippen LogP contribution is -2.25. The van der Waals surface area contributed by atoms with E-state index >= 15 is 0 Å². The summed E-state index contributed by atoms with van der Waals surface area (Å²) in [6.07, 6.45) is 4.04. The molecule has 0 amide bonds. The zero-order valence-electron chi connectivity index (χ0n) is 11.9. The second kappa shape index (κ2) is 9.35. The normalized spacial score (nSPS) is 12.4. The van der Waals surface area contributed by atoms with Crippen molar-refractivity contribution < 1.29 is 0 Å². The van der Waals surface area contributed by atoms with Gasteiger partial charge in [-0.1, -0.05) is 34.6 Å². The Bertz CT molecular complexity index is 155. The lowest BCUT2D eigenvalue weighted by molar-refractivity contribution is 0.297. The minimum atomic E-state index is 0.512. The Morgan fingerprint density at radius 1 is 1.19 bits per heavy atom. The molecule has 16 heavy (non-hydrogen) atoms. The van der Waals surface area contributed by atoms with Gasteiger partial charge in [0.15, 0.2) is 0 Å². The SMILES string of the molecule is CCSCCCC(C)(C)CCNCC(C)C. The molecule has 0 radical (unpaired) electrons. The van der Waals surface area contributed by atoms with Gasteiger partial charge in [0.05, 0.1) is 0 Å². The fourth-order valence-electron chi connectivity index (χ4n) is 1.74.